The molecule has 0 aliphatic rings. The predicted octanol–water partition coefficient (Wildman–Crippen LogP) is 6.98. The van der Waals surface area contributed by atoms with E-state index >= 15 is 0 Å². The monoisotopic (exact) mass is 669 g/mol. The zero-order valence-electron chi connectivity index (χ0n) is 18.0. The number of halogens is 5. The van der Waals surface area contributed by atoms with Gasteiger partial charge < -0.3 is 9.42 Å². The van der Waals surface area contributed by atoms with Crippen molar-refractivity contribution in [3.05, 3.63) is 91.9 Å². The largest absolute Gasteiger partial charge is 0.424 e. The summed E-state index contributed by atoms with van der Waals surface area (Å²) < 4.78 is 72.5. The molecule has 0 saturated carbocycles. The number of sulfonamides is 1. The van der Waals surface area contributed by atoms with Crippen molar-refractivity contribution in [2.24, 2.45) is 0 Å². The third kappa shape index (κ3) is 6.23. The number of carbonyl (C=O) groups excluding carboxylic acids is 1. The molecule has 0 radical (unpaired) electrons. The molecule has 194 valence electrons. The van der Waals surface area contributed by atoms with Crippen LogP contribution in [0.1, 0.15) is 15.9 Å². The van der Waals surface area contributed by atoms with Crippen LogP contribution in [0.25, 0.3) is 10.1 Å². The first-order valence-corrected chi connectivity index (χ1v) is 15.6. The van der Waals surface area contributed by atoms with E-state index in [1.807, 2.05) is 4.72 Å². The van der Waals surface area contributed by atoms with Crippen molar-refractivity contribution < 1.29 is 36.0 Å². The highest BCUT2D eigenvalue weighted by Gasteiger charge is 2.28. The quantitative estimate of drug-likeness (QED) is 0.155. The molecule has 4 aromatic rings. The van der Waals surface area contributed by atoms with Gasteiger partial charge in [0, 0.05) is 26.0 Å². The highest BCUT2D eigenvalue weighted by Crippen LogP contribution is 2.43. The van der Waals surface area contributed by atoms with Crippen molar-refractivity contribution >= 4 is 84.0 Å². The van der Waals surface area contributed by atoms with Crippen molar-refractivity contribution in [1.29, 1.82) is 0 Å². The molecular formula is C22H13BrCl2F2NO6PS2. The molecule has 0 aliphatic heterocycles. The summed E-state index contributed by atoms with van der Waals surface area (Å²) in [4.78, 5) is 23.0. The molecule has 0 fully saturated rings. The van der Waals surface area contributed by atoms with Gasteiger partial charge in [0.1, 0.15) is 16.2 Å². The Morgan fingerprint density at radius 2 is 1.76 bits per heavy atom. The maximum Gasteiger partial charge on any atom is 0.391 e. The van der Waals surface area contributed by atoms with Crippen LogP contribution in [0.5, 0.6) is 5.75 Å². The van der Waals surface area contributed by atoms with Crippen LogP contribution in [0.15, 0.2) is 63.3 Å². The molecule has 1 unspecified atom stereocenters. The van der Waals surface area contributed by atoms with E-state index in [0.29, 0.717) is 15.1 Å². The minimum Gasteiger partial charge on any atom is -0.424 e. The van der Waals surface area contributed by atoms with E-state index in [-0.39, 0.29) is 30.6 Å². The van der Waals surface area contributed by atoms with Crippen LogP contribution in [0, 0.1) is 11.6 Å². The Balaban J connectivity index is 1.52. The van der Waals surface area contributed by atoms with E-state index in [0.717, 1.165) is 35.6 Å². The lowest BCUT2D eigenvalue weighted by Gasteiger charge is -2.15. The lowest BCUT2D eigenvalue weighted by Crippen LogP contribution is -2.25. The molecule has 1 heterocycles. The Labute approximate surface area is 231 Å². The van der Waals surface area contributed by atoms with Crippen LogP contribution >= 0.6 is 58.1 Å². The van der Waals surface area contributed by atoms with E-state index in [9.17, 15) is 31.5 Å². The molecule has 1 atom stereocenters. The molecule has 0 saturated heterocycles. The number of thiophene rings is 1. The topological polar surface area (TPSA) is 110 Å². The van der Waals surface area contributed by atoms with E-state index < -0.39 is 41.3 Å². The van der Waals surface area contributed by atoms with Gasteiger partial charge in [-0.05, 0) is 54.6 Å². The average molecular weight is 671 g/mol. The van der Waals surface area contributed by atoms with Gasteiger partial charge in [-0.2, -0.15) is 4.72 Å². The van der Waals surface area contributed by atoms with Crippen LogP contribution in [0.3, 0.4) is 0 Å². The number of nitrogens with one attached hydrogen (secondary N) is 1. The first-order chi connectivity index (χ1) is 17.3. The Kier molecular flexibility index (Phi) is 8.14. The number of fused-ring (bicyclic) bond motifs is 1. The number of carbonyl (C=O) groups is 1. The molecule has 7 nitrogen and oxygen atoms in total. The van der Waals surface area contributed by atoms with Gasteiger partial charge in [0.15, 0.2) is 17.4 Å². The molecule has 37 heavy (non-hydrogen) atoms. The minimum absolute atomic E-state index is 0.0666. The zero-order chi connectivity index (χ0) is 27.1. The van der Waals surface area contributed by atoms with E-state index in [1.165, 1.54) is 30.3 Å². The average Bonchev–Trinajstić information content (AvgIpc) is 3.31. The second kappa shape index (κ2) is 10.7. The summed E-state index contributed by atoms with van der Waals surface area (Å²) in [5.74, 6) is -3.30. The Morgan fingerprint density at radius 1 is 1.05 bits per heavy atom. The van der Waals surface area contributed by atoms with E-state index in [1.54, 1.807) is 0 Å². The number of ketones is 1. The fraction of sp³-hybridized carbons (Fsp3) is 0.0455. The normalized spacial score (nSPS) is 13.5. The molecule has 0 amide bonds. The van der Waals surface area contributed by atoms with Gasteiger partial charge in [-0.1, -0.05) is 39.1 Å². The molecular weight excluding hydrogens is 658 g/mol. The summed E-state index contributed by atoms with van der Waals surface area (Å²) >= 11 is 16.2. The Bertz CT molecular complexity index is 1680. The lowest BCUT2D eigenvalue weighted by molar-refractivity contribution is 0.103. The minimum atomic E-state index is -4.61. The smallest absolute Gasteiger partial charge is 0.391 e. The lowest BCUT2D eigenvalue weighted by atomic mass is 10.0. The van der Waals surface area contributed by atoms with Crippen molar-refractivity contribution in [3.63, 3.8) is 0 Å². The van der Waals surface area contributed by atoms with Crippen molar-refractivity contribution in [2.45, 2.75) is 4.21 Å². The van der Waals surface area contributed by atoms with Gasteiger partial charge in [0.2, 0.25) is 0 Å². The van der Waals surface area contributed by atoms with E-state index in [2.05, 4.69) is 15.9 Å². The van der Waals surface area contributed by atoms with Crippen LogP contribution in [-0.2, 0) is 14.6 Å². The summed E-state index contributed by atoms with van der Waals surface area (Å²) in [5.41, 5.74) is -0.233. The van der Waals surface area contributed by atoms with Crippen molar-refractivity contribution in [1.82, 2.24) is 4.72 Å². The summed E-state index contributed by atoms with van der Waals surface area (Å²) in [6, 6.07) is 10.7. The summed E-state index contributed by atoms with van der Waals surface area (Å²) in [6.45, 7) is 0. The highest BCUT2D eigenvalue weighted by atomic mass is 79.9. The zero-order valence-corrected chi connectivity index (χ0v) is 23.7. The third-order valence-corrected chi connectivity index (χ3v) is 10.7. The first-order valence-electron chi connectivity index (χ1n) is 9.95. The van der Waals surface area contributed by atoms with Gasteiger partial charge in [-0.25, -0.2) is 21.8 Å². The fourth-order valence-electron chi connectivity index (χ4n) is 3.13. The third-order valence-electron chi connectivity index (χ3n) is 4.89. The molecule has 3 aromatic carbocycles. The number of hydrogen-bond acceptors (Lipinski definition) is 6. The molecule has 0 spiro atoms. The SMILES string of the molecule is O=C(c1ccc(F)c(F)c1)c1cc(OP(=O)(O)CNS(=O)(=O)c2cc3c(Cl)ccc(Cl)c3s2)ccc1Br. The molecule has 1 aromatic heterocycles. The summed E-state index contributed by atoms with van der Waals surface area (Å²) in [6.07, 6.45) is -0.993. The van der Waals surface area contributed by atoms with Crippen LogP contribution < -0.4 is 9.25 Å². The van der Waals surface area contributed by atoms with Crippen LogP contribution in [-0.4, -0.2) is 25.4 Å². The Hall–Kier alpha value is -1.89. The van der Waals surface area contributed by atoms with Crippen LogP contribution in [0.4, 0.5) is 8.78 Å². The van der Waals surface area contributed by atoms with Gasteiger partial charge in [-0.3, -0.25) is 4.79 Å². The predicted molar refractivity (Wildman–Crippen MR) is 141 cm³/mol. The van der Waals surface area contributed by atoms with Gasteiger partial charge in [-0.15, -0.1) is 11.3 Å². The van der Waals surface area contributed by atoms with Crippen molar-refractivity contribution in [3.8, 4) is 5.75 Å². The van der Waals surface area contributed by atoms with Gasteiger partial charge >= 0.3 is 7.60 Å². The molecule has 0 bridgehead atoms. The second-order valence-electron chi connectivity index (χ2n) is 7.47. The molecule has 0 aliphatic carbocycles. The number of hydrogen-bond donors (Lipinski definition) is 2. The van der Waals surface area contributed by atoms with Crippen LogP contribution in [0.2, 0.25) is 10.0 Å². The number of benzene rings is 3. The van der Waals surface area contributed by atoms with Gasteiger partial charge in [0.05, 0.1) is 9.72 Å². The standard InChI is InChI=1S/C22H13BrCl2F2NO6PS2/c23-15-3-2-12(8-13(15)21(29)11-1-6-18(26)19(27)7-11)34-35(30,31)10-28-37(32,33)20-9-14-16(24)4-5-17(25)22(14)36-20/h1-9,28H,10H2,(H,30,31). The highest BCUT2D eigenvalue weighted by molar-refractivity contribution is 9.10. The Morgan fingerprint density at radius 3 is 2.43 bits per heavy atom. The van der Waals surface area contributed by atoms with Gasteiger partial charge in [0.25, 0.3) is 10.0 Å². The summed E-state index contributed by atoms with van der Waals surface area (Å²) in [7, 11) is -8.85. The maximum absolute atomic E-state index is 13.6. The number of rotatable bonds is 8. The molecule has 2 N–H and O–H groups in total. The first kappa shape index (κ1) is 28.1. The van der Waals surface area contributed by atoms with Crippen molar-refractivity contribution in [2.75, 3.05) is 6.29 Å². The second-order valence-corrected chi connectivity index (χ2v) is 14.0. The summed E-state index contributed by atoms with van der Waals surface area (Å²) in [5, 5.41) is 0.999. The van der Waals surface area contributed by atoms with E-state index in [4.69, 9.17) is 27.7 Å². The molecule has 4 rings (SSSR count). The fourth-order valence-corrected chi connectivity index (χ4v) is 8.05. The maximum atomic E-state index is 13.6. The molecule has 15 heteroatoms.